The van der Waals surface area contributed by atoms with E-state index < -0.39 is 12.0 Å². The summed E-state index contributed by atoms with van der Waals surface area (Å²) in [6, 6.07) is 31.1. The number of esters is 1. The van der Waals surface area contributed by atoms with Crippen LogP contribution in [0.25, 0.3) is 11.8 Å². The summed E-state index contributed by atoms with van der Waals surface area (Å²) in [6.45, 7) is 2.35. The molecule has 0 saturated heterocycles. The first kappa shape index (κ1) is 30.1. The molecule has 45 heavy (non-hydrogen) atoms. The maximum absolute atomic E-state index is 14.1. The quantitative estimate of drug-likeness (QED) is 0.181. The number of aromatic nitrogens is 1. The normalized spacial score (nSPS) is 14.5. The molecule has 0 unspecified atom stereocenters. The minimum absolute atomic E-state index is 0.184. The summed E-state index contributed by atoms with van der Waals surface area (Å²) >= 11 is 7.25. The monoisotopic (exact) mass is 636 g/mol. The Morgan fingerprint density at radius 3 is 2.29 bits per heavy atom. The topological polar surface area (TPSA) is 79.1 Å². The summed E-state index contributed by atoms with van der Waals surface area (Å²) in [5.41, 5.74) is 3.85. The van der Waals surface area contributed by atoms with Crippen LogP contribution in [0.15, 0.2) is 118 Å². The summed E-state index contributed by atoms with van der Waals surface area (Å²) in [5, 5.41) is 0.678. The molecule has 0 radical (unpaired) electrons. The number of benzene rings is 4. The Labute approximate surface area is 268 Å². The van der Waals surface area contributed by atoms with Crippen molar-refractivity contribution < 1.29 is 19.0 Å². The lowest BCUT2D eigenvalue weighted by molar-refractivity contribution is -0.138. The van der Waals surface area contributed by atoms with Crippen molar-refractivity contribution in [2.24, 2.45) is 4.99 Å². The highest BCUT2D eigenvalue weighted by atomic mass is 35.5. The molecule has 0 amide bonds. The van der Waals surface area contributed by atoms with Crippen LogP contribution in [0.4, 0.5) is 0 Å². The van der Waals surface area contributed by atoms with Gasteiger partial charge in [0.15, 0.2) is 4.80 Å². The fourth-order valence-electron chi connectivity index (χ4n) is 5.10. The number of halogens is 1. The standard InChI is InChI=1S/C36H29ClN2O5S/c1-3-43-35(41)31-32(25-7-5-4-6-8-25)38-36-39(33(31)26-13-19-28(42-2)20-14-26)34(40)30(45-36)21-23-11-17-29(18-12-23)44-22-24-9-15-27(37)16-10-24/h4-21,33H,3,22H2,1-2H3/b30-21-/t33-/m1/s1. The lowest BCUT2D eigenvalue weighted by atomic mass is 9.93. The Morgan fingerprint density at radius 1 is 0.933 bits per heavy atom. The average molecular weight is 637 g/mol. The first-order chi connectivity index (χ1) is 21.9. The number of nitrogens with zero attached hydrogens (tertiary/aromatic N) is 2. The lowest BCUT2D eigenvalue weighted by Crippen LogP contribution is -2.40. The van der Waals surface area contributed by atoms with Gasteiger partial charge in [-0.3, -0.25) is 9.36 Å². The van der Waals surface area contributed by atoms with E-state index in [2.05, 4.69) is 0 Å². The van der Waals surface area contributed by atoms with Crippen molar-refractivity contribution in [3.63, 3.8) is 0 Å². The smallest absolute Gasteiger partial charge is 0.338 e. The molecule has 1 aromatic heterocycles. The molecule has 0 saturated carbocycles. The fourth-order valence-corrected chi connectivity index (χ4v) is 6.23. The second kappa shape index (κ2) is 13.4. The van der Waals surface area contributed by atoms with Gasteiger partial charge in [-0.1, -0.05) is 89.7 Å². The molecule has 9 heteroatoms. The van der Waals surface area contributed by atoms with Gasteiger partial charge in [-0.15, -0.1) is 0 Å². The molecule has 1 aliphatic heterocycles. The van der Waals surface area contributed by atoms with E-state index >= 15 is 0 Å². The number of ether oxygens (including phenoxy) is 3. The van der Waals surface area contributed by atoms with E-state index in [1.54, 1.807) is 18.6 Å². The summed E-state index contributed by atoms with van der Waals surface area (Å²) in [7, 11) is 1.59. The van der Waals surface area contributed by atoms with E-state index in [9.17, 15) is 9.59 Å². The van der Waals surface area contributed by atoms with E-state index in [0.29, 0.717) is 43.7 Å². The van der Waals surface area contributed by atoms with Gasteiger partial charge in [-0.05, 0) is 66.1 Å². The molecular formula is C36H29ClN2O5S. The van der Waals surface area contributed by atoms with Gasteiger partial charge in [0.25, 0.3) is 5.56 Å². The lowest BCUT2D eigenvalue weighted by Gasteiger charge is -2.26. The van der Waals surface area contributed by atoms with Crippen molar-refractivity contribution in [3.05, 3.63) is 156 Å². The molecule has 6 rings (SSSR count). The van der Waals surface area contributed by atoms with Crippen molar-refractivity contribution >= 4 is 40.7 Å². The van der Waals surface area contributed by atoms with Crippen LogP contribution >= 0.6 is 22.9 Å². The zero-order chi connectivity index (χ0) is 31.3. The van der Waals surface area contributed by atoms with Crippen LogP contribution < -0.4 is 24.4 Å². The van der Waals surface area contributed by atoms with Crippen LogP contribution in [0.1, 0.15) is 35.2 Å². The first-order valence-electron chi connectivity index (χ1n) is 14.3. The van der Waals surface area contributed by atoms with Crippen molar-refractivity contribution in [2.75, 3.05) is 13.7 Å². The largest absolute Gasteiger partial charge is 0.497 e. The number of hydrogen-bond donors (Lipinski definition) is 0. The fraction of sp³-hybridized carbons (Fsp3) is 0.139. The predicted octanol–water partition coefficient (Wildman–Crippen LogP) is 6.18. The van der Waals surface area contributed by atoms with Crippen LogP contribution in [0.2, 0.25) is 5.02 Å². The summed E-state index contributed by atoms with van der Waals surface area (Å²) in [4.78, 5) is 33.1. The number of carbonyl (C=O) groups excluding carboxylic acids is 1. The highest BCUT2D eigenvalue weighted by Gasteiger charge is 2.35. The molecule has 0 bridgehead atoms. The number of hydrogen-bond acceptors (Lipinski definition) is 7. The van der Waals surface area contributed by atoms with E-state index in [-0.39, 0.29) is 12.2 Å². The number of rotatable bonds is 9. The van der Waals surface area contributed by atoms with Crippen molar-refractivity contribution in [1.82, 2.24) is 4.57 Å². The van der Waals surface area contributed by atoms with E-state index in [0.717, 1.165) is 22.3 Å². The summed E-state index contributed by atoms with van der Waals surface area (Å²) < 4.78 is 18.9. The molecule has 1 aliphatic rings. The molecule has 0 aliphatic carbocycles. The second-order valence-corrected chi connectivity index (χ2v) is 11.6. The van der Waals surface area contributed by atoms with Gasteiger partial charge in [-0.25, -0.2) is 9.79 Å². The minimum Gasteiger partial charge on any atom is -0.497 e. The second-order valence-electron chi connectivity index (χ2n) is 10.2. The Balaban J connectivity index is 1.43. The molecule has 226 valence electrons. The number of fused-ring (bicyclic) bond motifs is 1. The van der Waals surface area contributed by atoms with Crippen molar-refractivity contribution in [1.29, 1.82) is 0 Å². The Kier molecular flexibility index (Phi) is 8.96. The highest BCUT2D eigenvalue weighted by molar-refractivity contribution is 7.07. The minimum atomic E-state index is -0.757. The molecule has 4 aromatic carbocycles. The number of thiazole rings is 1. The average Bonchev–Trinajstić information content (AvgIpc) is 3.38. The van der Waals surface area contributed by atoms with Crippen molar-refractivity contribution in [3.8, 4) is 11.5 Å². The van der Waals surface area contributed by atoms with Gasteiger partial charge in [0.05, 0.1) is 35.6 Å². The van der Waals surface area contributed by atoms with Gasteiger partial charge in [0, 0.05) is 10.6 Å². The van der Waals surface area contributed by atoms with Gasteiger partial charge < -0.3 is 14.2 Å². The zero-order valence-corrected chi connectivity index (χ0v) is 26.2. The molecule has 1 atom stereocenters. The Hall–Kier alpha value is -4.92. The van der Waals surface area contributed by atoms with Crippen LogP contribution in [0.5, 0.6) is 11.5 Å². The number of carbonyl (C=O) groups is 1. The molecule has 0 N–H and O–H groups in total. The van der Waals surface area contributed by atoms with E-state index in [4.69, 9.17) is 30.8 Å². The third kappa shape index (κ3) is 6.48. The first-order valence-corrected chi connectivity index (χ1v) is 15.5. The maximum Gasteiger partial charge on any atom is 0.338 e. The van der Waals surface area contributed by atoms with Crippen molar-refractivity contribution in [2.45, 2.75) is 19.6 Å². The van der Waals surface area contributed by atoms with Gasteiger partial charge in [-0.2, -0.15) is 0 Å². The third-order valence-corrected chi connectivity index (χ3v) is 8.54. The Morgan fingerprint density at radius 2 is 1.62 bits per heavy atom. The van der Waals surface area contributed by atoms with Crippen LogP contribution in [-0.2, 0) is 16.1 Å². The summed E-state index contributed by atoms with van der Waals surface area (Å²) in [5.74, 6) is 0.843. The SMILES string of the molecule is CCOC(=O)C1=C(c2ccccc2)N=c2s/c(=C\c3ccc(OCc4ccc(Cl)cc4)cc3)c(=O)n2[C@@H]1c1ccc(OC)cc1. The zero-order valence-electron chi connectivity index (χ0n) is 24.6. The highest BCUT2D eigenvalue weighted by Crippen LogP contribution is 2.35. The molecule has 7 nitrogen and oxygen atoms in total. The molecule has 0 spiro atoms. The molecule has 0 fully saturated rings. The van der Waals surface area contributed by atoms with E-state index in [1.165, 1.54) is 11.3 Å². The molecular weight excluding hydrogens is 608 g/mol. The van der Waals surface area contributed by atoms with Gasteiger partial charge in [0.2, 0.25) is 0 Å². The van der Waals surface area contributed by atoms with E-state index in [1.807, 2.05) is 109 Å². The van der Waals surface area contributed by atoms with Gasteiger partial charge in [0.1, 0.15) is 18.1 Å². The van der Waals surface area contributed by atoms with Crippen LogP contribution in [0.3, 0.4) is 0 Å². The molecule has 2 heterocycles. The Bertz CT molecular complexity index is 2030. The summed E-state index contributed by atoms with van der Waals surface area (Å²) in [6.07, 6.45) is 1.83. The maximum atomic E-state index is 14.1. The predicted molar refractivity (Wildman–Crippen MR) is 176 cm³/mol. The molecule has 5 aromatic rings. The van der Waals surface area contributed by atoms with Crippen LogP contribution in [0, 0.1) is 0 Å². The number of methoxy groups -OCH3 is 1. The third-order valence-electron chi connectivity index (χ3n) is 7.30. The van der Waals surface area contributed by atoms with Gasteiger partial charge >= 0.3 is 5.97 Å². The van der Waals surface area contributed by atoms with Crippen LogP contribution in [-0.4, -0.2) is 24.3 Å².